The van der Waals surface area contributed by atoms with Crippen molar-refractivity contribution in [3.8, 4) is 0 Å². The molecule has 1 aromatic rings. The molecule has 1 fully saturated rings. The maximum absolute atomic E-state index is 11.4. The minimum atomic E-state index is -0.0372. The zero-order valence-corrected chi connectivity index (χ0v) is 10.6. The summed E-state index contributed by atoms with van der Waals surface area (Å²) in [6.07, 6.45) is 9.28. The first kappa shape index (κ1) is 12.1. The Morgan fingerprint density at radius 2 is 2.18 bits per heavy atom. The van der Waals surface area contributed by atoms with Crippen LogP contribution in [0.25, 0.3) is 0 Å². The zero-order valence-electron chi connectivity index (χ0n) is 10.6. The number of esters is 1. The van der Waals surface area contributed by atoms with Crippen molar-refractivity contribution < 1.29 is 9.53 Å². The van der Waals surface area contributed by atoms with Crippen molar-refractivity contribution in [2.75, 3.05) is 7.11 Å². The smallest absolute Gasteiger partial charge is 0.308 e. The minimum absolute atomic E-state index is 0.0372. The number of carbonyl (C=O) groups is 1. The van der Waals surface area contributed by atoms with Crippen molar-refractivity contribution in [3.05, 3.63) is 18.0 Å². The highest BCUT2D eigenvalue weighted by atomic mass is 16.5. The summed E-state index contributed by atoms with van der Waals surface area (Å²) >= 11 is 0. The topological polar surface area (TPSA) is 44.1 Å². The number of aromatic nitrogens is 2. The summed E-state index contributed by atoms with van der Waals surface area (Å²) in [4.78, 5) is 11.4. The average molecular weight is 236 g/mol. The van der Waals surface area contributed by atoms with Crippen LogP contribution < -0.4 is 0 Å². The number of rotatable bonds is 3. The first-order chi connectivity index (χ1) is 8.19. The first-order valence-electron chi connectivity index (χ1n) is 6.24. The van der Waals surface area contributed by atoms with Crippen LogP contribution in [-0.2, 0) is 23.0 Å². The molecule has 0 N–H and O–H groups in total. The van der Waals surface area contributed by atoms with Crippen molar-refractivity contribution in [2.45, 2.75) is 32.1 Å². The standard InChI is InChI=1S/C13H20N2O2/c1-15-9-11(8-14-15)7-10-3-5-12(6-4-10)13(16)17-2/h8-10,12H,3-7H2,1-2H3. The molecule has 1 saturated carbocycles. The van der Waals surface area contributed by atoms with E-state index in [-0.39, 0.29) is 11.9 Å². The number of methoxy groups -OCH3 is 1. The van der Waals surface area contributed by atoms with Crippen LogP contribution in [0.4, 0.5) is 0 Å². The minimum Gasteiger partial charge on any atom is -0.469 e. The Morgan fingerprint density at radius 1 is 1.47 bits per heavy atom. The lowest BCUT2D eigenvalue weighted by molar-refractivity contribution is -0.146. The molecule has 4 heteroatoms. The van der Waals surface area contributed by atoms with Gasteiger partial charge in [0.25, 0.3) is 0 Å². The summed E-state index contributed by atoms with van der Waals surface area (Å²) < 4.78 is 6.64. The summed E-state index contributed by atoms with van der Waals surface area (Å²) in [6.45, 7) is 0. The van der Waals surface area contributed by atoms with E-state index in [1.54, 1.807) is 0 Å². The van der Waals surface area contributed by atoms with Crippen LogP contribution >= 0.6 is 0 Å². The molecule has 0 atom stereocenters. The molecule has 0 bridgehead atoms. The Balaban J connectivity index is 1.81. The van der Waals surface area contributed by atoms with E-state index in [1.165, 1.54) is 12.7 Å². The number of hydrogen-bond acceptors (Lipinski definition) is 3. The van der Waals surface area contributed by atoms with Crippen molar-refractivity contribution >= 4 is 5.97 Å². The van der Waals surface area contributed by atoms with Gasteiger partial charge in [-0.1, -0.05) is 0 Å². The summed E-state index contributed by atoms with van der Waals surface area (Å²) in [5.74, 6) is 0.787. The molecule has 17 heavy (non-hydrogen) atoms. The molecule has 0 aromatic carbocycles. The fraction of sp³-hybridized carbons (Fsp3) is 0.692. The van der Waals surface area contributed by atoms with Crippen LogP contribution in [0.1, 0.15) is 31.2 Å². The quantitative estimate of drug-likeness (QED) is 0.753. The van der Waals surface area contributed by atoms with Gasteiger partial charge in [0, 0.05) is 13.2 Å². The first-order valence-corrected chi connectivity index (χ1v) is 6.24. The average Bonchev–Trinajstić information content (AvgIpc) is 2.75. The van der Waals surface area contributed by atoms with Gasteiger partial charge < -0.3 is 4.74 Å². The van der Waals surface area contributed by atoms with Crippen LogP contribution in [-0.4, -0.2) is 22.9 Å². The predicted molar refractivity (Wildman–Crippen MR) is 64.4 cm³/mol. The number of carbonyl (C=O) groups excluding carboxylic acids is 1. The van der Waals surface area contributed by atoms with Crippen LogP contribution in [0.5, 0.6) is 0 Å². The van der Waals surface area contributed by atoms with Gasteiger partial charge in [0.1, 0.15) is 0 Å². The molecule has 0 amide bonds. The maximum atomic E-state index is 11.4. The number of nitrogens with zero attached hydrogens (tertiary/aromatic N) is 2. The Labute approximate surface area is 102 Å². The lowest BCUT2D eigenvalue weighted by atomic mass is 9.79. The van der Waals surface area contributed by atoms with Gasteiger partial charge in [-0.05, 0) is 43.6 Å². The van der Waals surface area contributed by atoms with E-state index < -0.39 is 0 Å². The molecule has 0 aliphatic heterocycles. The lowest BCUT2D eigenvalue weighted by Gasteiger charge is -2.26. The zero-order chi connectivity index (χ0) is 12.3. The Hall–Kier alpha value is -1.32. The highest BCUT2D eigenvalue weighted by molar-refractivity contribution is 5.72. The lowest BCUT2D eigenvalue weighted by Crippen LogP contribution is -2.23. The molecular weight excluding hydrogens is 216 g/mol. The third-order valence-corrected chi connectivity index (χ3v) is 3.66. The van der Waals surface area contributed by atoms with Crippen molar-refractivity contribution in [2.24, 2.45) is 18.9 Å². The molecule has 0 saturated heterocycles. The number of hydrogen-bond donors (Lipinski definition) is 0. The molecule has 0 unspecified atom stereocenters. The monoisotopic (exact) mass is 236 g/mol. The normalized spacial score (nSPS) is 24.6. The molecule has 94 valence electrons. The van der Waals surface area contributed by atoms with Gasteiger partial charge in [-0.2, -0.15) is 5.10 Å². The van der Waals surface area contributed by atoms with E-state index in [0.29, 0.717) is 5.92 Å². The van der Waals surface area contributed by atoms with Crippen LogP contribution in [0, 0.1) is 11.8 Å². The maximum Gasteiger partial charge on any atom is 0.308 e. The summed E-state index contributed by atoms with van der Waals surface area (Å²) in [7, 11) is 3.42. The summed E-state index contributed by atoms with van der Waals surface area (Å²) in [5.41, 5.74) is 1.30. The van der Waals surface area contributed by atoms with Gasteiger partial charge in [0.15, 0.2) is 0 Å². The molecule has 4 nitrogen and oxygen atoms in total. The van der Waals surface area contributed by atoms with Crippen LogP contribution in [0.3, 0.4) is 0 Å². The van der Waals surface area contributed by atoms with Crippen molar-refractivity contribution in [1.29, 1.82) is 0 Å². The van der Waals surface area contributed by atoms with Gasteiger partial charge in [0.05, 0.1) is 19.2 Å². The molecule has 1 heterocycles. The van der Waals surface area contributed by atoms with Crippen LogP contribution in [0.15, 0.2) is 12.4 Å². The molecule has 1 aromatic heterocycles. The van der Waals surface area contributed by atoms with Crippen molar-refractivity contribution in [1.82, 2.24) is 9.78 Å². The highest BCUT2D eigenvalue weighted by Crippen LogP contribution is 2.31. The molecule has 2 rings (SSSR count). The second-order valence-corrected chi connectivity index (χ2v) is 4.97. The molecule has 1 aliphatic carbocycles. The Morgan fingerprint density at radius 3 is 2.71 bits per heavy atom. The van der Waals surface area contributed by atoms with E-state index in [9.17, 15) is 4.79 Å². The van der Waals surface area contributed by atoms with Crippen LogP contribution in [0.2, 0.25) is 0 Å². The Kier molecular flexibility index (Phi) is 3.82. The van der Waals surface area contributed by atoms with E-state index in [4.69, 9.17) is 4.74 Å². The van der Waals surface area contributed by atoms with Gasteiger partial charge >= 0.3 is 5.97 Å². The molecular formula is C13H20N2O2. The fourth-order valence-electron chi connectivity index (χ4n) is 2.68. The van der Waals surface area contributed by atoms with E-state index in [2.05, 4.69) is 11.3 Å². The second kappa shape index (κ2) is 5.34. The molecule has 0 radical (unpaired) electrons. The van der Waals surface area contributed by atoms with Gasteiger partial charge in [-0.15, -0.1) is 0 Å². The summed E-state index contributed by atoms with van der Waals surface area (Å²) in [6, 6.07) is 0. The Bertz CT molecular complexity index is 379. The second-order valence-electron chi connectivity index (χ2n) is 4.97. The highest BCUT2D eigenvalue weighted by Gasteiger charge is 2.26. The van der Waals surface area contributed by atoms with E-state index in [0.717, 1.165) is 32.1 Å². The third kappa shape index (κ3) is 3.08. The molecule has 1 aliphatic rings. The predicted octanol–water partition coefficient (Wildman–Crippen LogP) is 1.94. The van der Waals surface area contributed by atoms with Crippen molar-refractivity contribution in [3.63, 3.8) is 0 Å². The van der Waals surface area contributed by atoms with E-state index in [1.807, 2.05) is 17.9 Å². The SMILES string of the molecule is COC(=O)C1CCC(Cc2cnn(C)c2)CC1. The number of ether oxygens (including phenoxy) is 1. The largest absolute Gasteiger partial charge is 0.469 e. The number of aryl methyl sites for hydroxylation is 1. The fourth-order valence-corrected chi connectivity index (χ4v) is 2.68. The third-order valence-electron chi connectivity index (χ3n) is 3.66. The molecule has 0 spiro atoms. The van der Waals surface area contributed by atoms with Gasteiger partial charge in [0.2, 0.25) is 0 Å². The van der Waals surface area contributed by atoms with Gasteiger partial charge in [-0.25, -0.2) is 0 Å². The summed E-state index contributed by atoms with van der Waals surface area (Å²) in [5, 5.41) is 4.18. The van der Waals surface area contributed by atoms with Gasteiger partial charge in [-0.3, -0.25) is 9.48 Å². The van der Waals surface area contributed by atoms with E-state index >= 15 is 0 Å².